The molecular formula is C23H26N2O3. The molecule has 1 heterocycles. The second-order valence-electron chi connectivity index (χ2n) is 7.03. The second kappa shape index (κ2) is 8.85. The van der Waals surface area contributed by atoms with Gasteiger partial charge in [-0.3, -0.25) is 14.3 Å². The molecule has 5 nitrogen and oxygen atoms in total. The van der Waals surface area contributed by atoms with Gasteiger partial charge in [0.1, 0.15) is 6.73 Å². The molecule has 0 fully saturated rings. The monoisotopic (exact) mass is 378 g/mol. The van der Waals surface area contributed by atoms with E-state index in [1.807, 2.05) is 37.3 Å². The summed E-state index contributed by atoms with van der Waals surface area (Å²) >= 11 is 0. The van der Waals surface area contributed by atoms with Crippen molar-refractivity contribution in [1.82, 2.24) is 9.55 Å². The highest BCUT2D eigenvalue weighted by Crippen LogP contribution is 2.28. The van der Waals surface area contributed by atoms with E-state index >= 15 is 0 Å². The fraction of sp³-hybridized carbons (Fsp3) is 0.304. The van der Waals surface area contributed by atoms with Crippen LogP contribution in [0.15, 0.2) is 64.2 Å². The highest BCUT2D eigenvalue weighted by molar-refractivity contribution is 5.34. The Labute approximate surface area is 164 Å². The summed E-state index contributed by atoms with van der Waals surface area (Å²) in [6.07, 6.45) is 0.769. The number of rotatable bonds is 7. The Kier molecular flexibility index (Phi) is 6.26. The van der Waals surface area contributed by atoms with Crippen molar-refractivity contribution in [3.8, 4) is 0 Å². The van der Waals surface area contributed by atoms with Gasteiger partial charge < -0.3 is 4.74 Å². The summed E-state index contributed by atoms with van der Waals surface area (Å²) < 4.78 is 7.36. The number of ether oxygens (including phenoxy) is 1. The molecule has 5 heteroatoms. The van der Waals surface area contributed by atoms with Crippen molar-refractivity contribution in [2.45, 2.75) is 46.4 Å². The van der Waals surface area contributed by atoms with Crippen LogP contribution in [0.25, 0.3) is 0 Å². The van der Waals surface area contributed by atoms with Crippen molar-refractivity contribution < 1.29 is 4.74 Å². The van der Waals surface area contributed by atoms with E-state index in [2.05, 4.69) is 36.2 Å². The van der Waals surface area contributed by atoms with Crippen molar-refractivity contribution in [3.05, 3.63) is 103 Å². The first-order valence-electron chi connectivity index (χ1n) is 9.53. The van der Waals surface area contributed by atoms with Crippen molar-refractivity contribution in [2.24, 2.45) is 0 Å². The van der Waals surface area contributed by atoms with Gasteiger partial charge >= 0.3 is 5.69 Å². The van der Waals surface area contributed by atoms with Crippen LogP contribution in [-0.2, 0) is 18.1 Å². The van der Waals surface area contributed by atoms with Crippen LogP contribution in [0.1, 0.15) is 47.2 Å². The fourth-order valence-electron chi connectivity index (χ4n) is 3.48. The van der Waals surface area contributed by atoms with Crippen LogP contribution in [0, 0.1) is 13.8 Å². The molecule has 146 valence electrons. The van der Waals surface area contributed by atoms with Gasteiger partial charge in [-0.1, -0.05) is 67.1 Å². The maximum Gasteiger partial charge on any atom is 0.330 e. The SMILES string of the molecule is CCC(c1ccc(C)cc1)c1c(C)c(=O)[nH]c(=O)n1COCc1ccccc1. The second-order valence-corrected chi connectivity index (χ2v) is 7.03. The number of aryl methyl sites for hydroxylation is 1. The molecule has 1 N–H and O–H groups in total. The van der Waals surface area contributed by atoms with Crippen LogP contribution in [0.2, 0.25) is 0 Å². The first-order chi connectivity index (χ1) is 13.5. The minimum Gasteiger partial charge on any atom is -0.356 e. The summed E-state index contributed by atoms with van der Waals surface area (Å²) in [6, 6.07) is 18.0. The highest BCUT2D eigenvalue weighted by Gasteiger charge is 2.21. The number of aromatic nitrogens is 2. The van der Waals surface area contributed by atoms with Crippen molar-refractivity contribution >= 4 is 0 Å². The summed E-state index contributed by atoms with van der Waals surface area (Å²) in [6.45, 7) is 6.34. The molecule has 0 aliphatic heterocycles. The number of benzene rings is 2. The predicted molar refractivity (Wildman–Crippen MR) is 111 cm³/mol. The van der Waals surface area contributed by atoms with Gasteiger partial charge in [0.2, 0.25) is 0 Å². The van der Waals surface area contributed by atoms with E-state index < -0.39 is 5.69 Å². The van der Waals surface area contributed by atoms with Crippen molar-refractivity contribution in [3.63, 3.8) is 0 Å². The molecule has 0 amide bonds. The topological polar surface area (TPSA) is 64.1 Å². The average Bonchev–Trinajstić information content (AvgIpc) is 2.70. The van der Waals surface area contributed by atoms with Gasteiger partial charge in [-0.25, -0.2) is 4.79 Å². The van der Waals surface area contributed by atoms with Gasteiger partial charge in [0.05, 0.1) is 6.61 Å². The molecule has 0 spiro atoms. The molecule has 0 saturated heterocycles. The standard InChI is InChI=1S/C23H26N2O3/c1-4-20(19-12-10-16(2)11-13-19)21-17(3)22(26)24-23(27)25(21)15-28-14-18-8-6-5-7-9-18/h5-13,20H,4,14-15H2,1-3H3,(H,24,26,27). The number of nitrogens with zero attached hydrogens (tertiary/aromatic N) is 1. The van der Waals surface area contributed by atoms with Gasteiger partial charge in [-0.2, -0.15) is 0 Å². The third-order valence-corrected chi connectivity index (χ3v) is 5.03. The molecule has 1 atom stereocenters. The molecule has 2 aromatic carbocycles. The van der Waals surface area contributed by atoms with E-state index in [-0.39, 0.29) is 18.2 Å². The smallest absolute Gasteiger partial charge is 0.330 e. The maximum absolute atomic E-state index is 12.6. The molecule has 0 saturated carbocycles. The molecule has 3 aromatic rings. The highest BCUT2D eigenvalue weighted by atomic mass is 16.5. The van der Waals surface area contributed by atoms with Crippen LogP contribution in [-0.4, -0.2) is 9.55 Å². The van der Waals surface area contributed by atoms with Gasteiger partial charge in [-0.15, -0.1) is 0 Å². The van der Waals surface area contributed by atoms with Gasteiger partial charge in [0, 0.05) is 17.2 Å². The quantitative estimate of drug-likeness (QED) is 0.679. The minimum absolute atomic E-state index is 0.0593. The van der Waals surface area contributed by atoms with Crippen LogP contribution in [0.5, 0.6) is 0 Å². The molecule has 0 radical (unpaired) electrons. The molecule has 0 aliphatic rings. The predicted octanol–water partition coefficient (Wildman–Crippen LogP) is 3.87. The van der Waals surface area contributed by atoms with E-state index in [4.69, 9.17) is 4.74 Å². The summed E-state index contributed by atoms with van der Waals surface area (Å²) in [5.74, 6) is -0.0593. The Morgan fingerprint density at radius 1 is 1.00 bits per heavy atom. The van der Waals surface area contributed by atoms with Gasteiger partial charge in [0.15, 0.2) is 0 Å². The Bertz CT molecular complexity index is 1030. The molecule has 28 heavy (non-hydrogen) atoms. The van der Waals surface area contributed by atoms with Crippen LogP contribution >= 0.6 is 0 Å². The molecular weight excluding hydrogens is 352 g/mol. The normalized spacial score (nSPS) is 12.1. The zero-order valence-corrected chi connectivity index (χ0v) is 16.6. The van der Waals surface area contributed by atoms with Crippen LogP contribution in [0.4, 0.5) is 0 Å². The number of H-pyrrole nitrogens is 1. The number of hydrogen-bond donors (Lipinski definition) is 1. The molecule has 0 aliphatic carbocycles. The van der Waals surface area contributed by atoms with E-state index in [9.17, 15) is 9.59 Å². The average molecular weight is 378 g/mol. The summed E-state index contributed by atoms with van der Waals surface area (Å²) in [7, 11) is 0. The summed E-state index contributed by atoms with van der Waals surface area (Å²) in [5, 5.41) is 0. The molecule has 3 rings (SSSR count). The first kappa shape index (κ1) is 19.8. The third-order valence-electron chi connectivity index (χ3n) is 5.03. The number of aromatic amines is 1. The van der Waals surface area contributed by atoms with Crippen molar-refractivity contribution in [1.29, 1.82) is 0 Å². The lowest BCUT2D eigenvalue weighted by Crippen LogP contribution is -2.36. The third kappa shape index (κ3) is 4.31. The van der Waals surface area contributed by atoms with E-state index in [1.165, 1.54) is 5.56 Å². The Balaban J connectivity index is 1.97. The van der Waals surface area contributed by atoms with Gasteiger partial charge in [-0.05, 0) is 31.4 Å². The van der Waals surface area contributed by atoms with Crippen LogP contribution in [0.3, 0.4) is 0 Å². The Hall–Kier alpha value is -2.92. The van der Waals surface area contributed by atoms with E-state index in [1.54, 1.807) is 11.5 Å². The van der Waals surface area contributed by atoms with Crippen LogP contribution < -0.4 is 11.2 Å². The summed E-state index contributed by atoms with van der Waals surface area (Å²) in [4.78, 5) is 27.3. The first-order valence-corrected chi connectivity index (χ1v) is 9.53. The zero-order chi connectivity index (χ0) is 20.1. The lowest BCUT2D eigenvalue weighted by molar-refractivity contribution is 0.0583. The number of hydrogen-bond acceptors (Lipinski definition) is 3. The Morgan fingerprint density at radius 3 is 2.32 bits per heavy atom. The summed E-state index contributed by atoms with van der Waals surface area (Å²) in [5.41, 5.74) is 3.77. The lowest BCUT2D eigenvalue weighted by Gasteiger charge is -2.23. The Morgan fingerprint density at radius 2 is 1.68 bits per heavy atom. The molecule has 1 aromatic heterocycles. The minimum atomic E-state index is -0.441. The van der Waals surface area contributed by atoms with E-state index in [0.29, 0.717) is 17.9 Å². The van der Waals surface area contributed by atoms with Crippen molar-refractivity contribution in [2.75, 3.05) is 0 Å². The number of nitrogens with one attached hydrogen (secondary N) is 1. The van der Waals surface area contributed by atoms with Gasteiger partial charge in [0.25, 0.3) is 5.56 Å². The zero-order valence-electron chi connectivity index (χ0n) is 16.6. The lowest BCUT2D eigenvalue weighted by atomic mass is 9.90. The van der Waals surface area contributed by atoms with E-state index in [0.717, 1.165) is 17.5 Å². The fourth-order valence-corrected chi connectivity index (χ4v) is 3.48. The molecule has 0 bridgehead atoms. The largest absolute Gasteiger partial charge is 0.356 e. The molecule has 1 unspecified atom stereocenters. The maximum atomic E-state index is 12.6.